The van der Waals surface area contributed by atoms with E-state index in [4.69, 9.17) is 10.7 Å². The van der Waals surface area contributed by atoms with Crippen molar-refractivity contribution < 1.29 is 5.48 Å². The molecule has 103 heavy (non-hydrogen) atoms. The summed E-state index contributed by atoms with van der Waals surface area (Å²) in [5, 5.41) is 7.89. The zero-order chi connectivity index (χ0) is 81.1. The van der Waals surface area contributed by atoms with Crippen LogP contribution in [0.15, 0.2) is 121 Å². The van der Waals surface area contributed by atoms with Crippen LogP contribution < -0.4 is 0 Å². The van der Waals surface area contributed by atoms with Crippen LogP contribution in [0.2, 0.25) is 0 Å². The zero-order valence-corrected chi connectivity index (χ0v) is 72.7. The fourth-order valence-corrected chi connectivity index (χ4v) is 20.1. The van der Waals surface area contributed by atoms with E-state index in [9.17, 15) is 0 Å². The fraction of sp³-hybridized carbons (Fsp3) is 0.637. The first-order chi connectivity index (χ1) is 49.8. The molecule has 1 nitrogen and oxygen atoms in total. The Morgan fingerprint density at radius 3 is 1.10 bits per heavy atom. The van der Waals surface area contributed by atoms with Crippen LogP contribution in [0, 0.1) is 122 Å². The number of rotatable bonds is 10. The Bertz CT molecular complexity index is 3510. The maximum Gasteiger partial charge on any atom is 0.0649 e. The van der Waals surface area contributed by atoms with Crippen LogP contribution in [0.5, 0.6) is 0 Å². The highest BCUT2D eigenvalue weighted by Gasteiger charge is 2.55. The molecule has 8 aliphatic carbocycles. The minimum Gasteiger partial charge on any atom is -0.198 e. The average Bonchev–Trinajstić information content (AvgIpc) is 0.734. The summed E-state index contributed by atoms with van der Waals surface area (Å²) < 4.78 is 30.6. The lowest BCUT2D eigenvalue weighted by Gasteiger charge is -2.62. The van der Waals surface area contributed by atoms with Crippen molar-refractivity contribution in [1.82, 2.24) is 0 Å². The highest BCUT2D eigenvalue weighted by molar-refractivity contribution is 5.42. The van der Waals surface area contributed by atoms with Gasteiger partial charge >= 0.3 is 0 Å². The summed E-state index contributed by atoms with van der Waals surface area (Å²) in [5.74, 6) is 13.6. The molecule has 0 radical (unpaired) electrons. The third-order valence-electron chi connectivity index (χ3n) is 24.0. The van der Waals surface area contributed by atoms with Gasteiger partial charge < -0.3 is 0 Å². The quantitative estimate of drug-likeness (QED) is 0.134. The van der Waals surface area contributed by atoms with Crippen LogP contribution in [-0.2, 0) is 12.8 Å². The predicted molar refractivity (Wildman–Crippen MR) is 459 cm³/mol. The van der Waals surface area contributed by atoms with E-state index in [2.05, 4.69) is 278 Å². The molecule has 6 aromatic carbocycles. The first-order valence-corrected chi connectivity index (χ1v) is 41.7. The van der Waals surface area contributed by atoms with Crippen LogP contribution in [0.4, 0.5) is 0 Å². The van der Waals surface area contributed by atoms with E-state index >= 15 is 0 Å². The van der Waals surface area contributed by atoms with Gasteiger partial charge in [-0.1, -0.05) is 299 Å². The molecule has 0 aromatic heterocycles. The summed E-state index contributed by atoms with van der Waals surface area (Å²) >= 11 is 0. The molecule has 8 bridgehead atoms. The Morgan fingerprint density at radius 2 is 0.777 bits per heavy atom. The first-order valence-electron chi connectivity index (χ1n) is 43.7. The molecule has 8 saturated carbocycles. The Labute approximate surface area is 645 Å². The van der Waals surface area contributed by atoms with Gasteiger partial charge in [0, 0.05) is 5.92 Å². The molecule has 0 unspecified atom stereocenters. The second-order valence-electron chi connectivity index (χ2n) is 37.9. The topological polar surface area (TPSA) is 23.8 Å². The lowest BCUT2D eigenvalue weighted by Crippen LogP contribution is -2.51. The molecule has 8 aliphatic rings. The van der Waals surface area contributed by atoms with Crippen molar-refractivity contribution in [3.63, 3.8) is 0 Å². The van der Waals surface area contributed by atoms with E-state index in [1.807, 2.05) is 39.8 Å². The molecule has 0 amide bonds. The third kappa shape index (κ3) is 27.2. The van der Waals surface area contributed by atoms with Gasteiger partial charge in [-0.05, 0) is 328 Å². The van der Waals surface area contributed by atoms with Crippen molar-refractivity contribution >= 4 is 0 Å². The fourth-order valence-electron chi connectivity index (χ4n) is 20.1. The smallest absolute Gasteiger partial charge is 0.0649 e. The zero-order valence-electron chi connectivity index (χ0n) is 76.7. The molecular weight excluding hydrogens is 1240 g/mol. The Kier molecular flexibility index (Phi) is 33.9. The number of hydrogen-bond donors (Lipinski definition) is 0. The van der Waals surface area contributed by atoms with E-state index in [1.54, 1.807) is 88.7 Å². The van der Waals surface area contributed by atoms with Crippen LogP contribution >= 0.6 is 0 Å². The maximum absolute atomic E-state index is 7.89. The van der Waals surface area contributed by atoms with Gasteiger partial charge in [-0.3, -0.25) is 0 Å². The second-order valence-corrected chi connectivity index (χ2v) is 37.9. The number of nitriles is 1. The molecule has 14 rings (SSSR count). The van der Waals surface area contributed by atoms with Gasteiger partial charge in [0.1, 0.15) is 0 Å². The molecule has 8 fully saturated rings. The summed E-state index contributed by atoms with van der Waals surface area (Å²) in [4.78, 5) is 0. The van der Waals surface area contributed by atoms with Crippen LogP contribution in [0.3, 0.4) is 0 Å². The molecule has 0 heterocycles. The second kappa shape index (κ2) is 41.8. The Hall–Kier alpha value is -5.19. The van der Waals surface area contributed by atoms with Crippen LogP contribution in [0.1, 0.15) is 392 Å². The van der Waals surface area contributed by atoms with Gasteiger partial charge in [-0.2, -0.15) is 5.26 Å². The van der Waals surface area contributed by atoms with E-state index < -0.39 is 0 Å². The largest absolute Gasteiger partial charge is 0.198 e. The lowest BCUT2D eigenvalue weighted by atomic mass is 9.43. The highest BCUT2D eigenvalue weighted by Crippen LogP contribution is 2.66. The van der Waals surface area contributed by atoms with Crippen LogP contribution in [-0.4, -0.2) is 0 Å². The summed E-state index contributed by atoms with van der Waals surface area (Å²) in [7, 11) is 0. The molecule has 572 valence electrons. The van der Waals surface area contributed by atoms with E-state index in [-0.39, 0.29) is 36.0 Å². The monoisotopic (exact) mass is 1400 g/mol. The molecule has 0 saturated heterocycles. The van der Waals surface area contributed by atoms with Crippen molar-refractivity contribution in [2.24, 2.45) is 69.5 Å². The molecule has 6 aromatic rings. The summed E-state index contributed by atoms with van der Waals surface area (Å²) in [5.41, 5.74) is 23.7. The Morgan fingerprint density at radius 1 is 0.408 bits per heavy atom. The molecule has 0 N–H and O–H groups in total. The third-order valence-corrected chi connectivity index (χ3v) is 24.0. The lowest BCUT2D eigenvalue weighted by molar-refractivity contribution is -0.113. The molecule has 0 atom stereocenters. The van der Waals surface area contributed by atoms with Crippen molar-refractivity contribution in [2.75, 3.05) is 0 Å². The molecule has 0 aliphatic heterocycles. The number of hydrogen-bond acceptors (Lipinski definition) is 1. The van der Waals surface area contributed by atoms with Gasteiger partial charge in [-0.15, -0.1) is 0 Å². The van der Waals surface area contributed by atoms with Gasteiger partial charge in [0.2, 0.25) is 0 Å². The minimum absolute atomic E-state index is 0.00407. The van der Waals surface area contributed by atoms with Crippen molar-refractivity contribution in [3.05, 3.63) is 210 Å². The molecule has 0 spiro atoms. The van der Waals surface area contributed by atoms with E-state index in [0.29, 0.717) is 63.4 Å². The van der Waals surface area contributed by atoms with Gasteiger partial charge in [0.25, 0.3) is 0 Å². The van der Waals surface area contributed by atoms with E-state index in [0.717, 1.165) is 65.6 Å². The Balaban J connectivity index is 0.000000257. The maximum atomic E-state index is 7.89. The highest BCUT2D eigenvalue weighted by atomic mass is 14.6. The SMILES string of the molecule is CC(C)(C)C12CC3CC(CC(C3)C1)C2.CC(C)(C)C1C2CC3CC(C2)CC1C3.CC(C)C#N.CC(C)c1cccc(C(C)C)c1C(C)C.CC(C)c1ccccc1.CCc1cccc(CC)c1C(C)C.Cc1cc(C)c(C(C)C)c(C)c1.Cc1cccc(C)c1C(C)C.[2H]c1c([2H])c(C)c([2H])c(C(C)C)c1[2H]. The van der Waals surface area contributed by atoms with E-state index in [1.165, 1.54) is 66.8 Å². The van der Waals surface area contributed by atoms with Gasteiger partial charge in [-0.25, -0.2) is 0 Å². The average molecular weight is 1400 g/mol. The first kappa shape index (κ1) is 83.4. The summed E-state index contributed by atoms with van der Waals surface area (Å²) in [6.45, 7) is 71.2. The number of benzene rings is 6. The number of aryl methyl sites for hydroxylation is 7. The van der Waals surface area contributed by atoms with Gasteiger partial charge in [0.15, 0.2) is 0 Å². The molecular formula is C102H159N. The summed E-state index contributed by atoms with van der Waals surface area (Å²) in [6, 6.07) is 37.2. The normalized spacial score (nSPS) is 22.2. The molecule has 1 heteroatoms. The van der Waals surface area contributed by atoms with Crippen molar-refractivity contribution in [1.29, 1.82) is 5.26 Å². The number of nitrogens with zero attached hydrogens (tertiary/aromatic N) is 1. The van der Waals surface area contributed by atoms with Gasteiger partial charge in [0.05, 0.1) is 11.6 Å². The van der Waals surface area contributed by atoms with Crippen molar-refractivity contribution in [3.8, 4) is 6.07 Å². The minimum atomic E-state index is -0.0674. The predicted octanol–water partition coefficient (Wildman–Crippen LogP) is 31.6. The van der Waals surface area contributed by atoms with Crippen molar-refractivity contribution in [2.45, 2.75) is 352 Å². The standard InChI is InChI=1S/C15H24.2C14H24.C13H20.C12H18.C11H16.C10H14.C9H12.C4H7N/c1-10(2)13-8-7-9-14(11(3)4)15(13)12(5)6;1-13(2,3)14-7-10-4-11(8-14)6-12(5-10)9-14;1-14(2,3)13-11-5-9-4-10(7-11)8-12(13)6-9;1-5-11-8-7-9-12(6-2)13(11)10(3)4;1-8(2)12-10(4)6-9(3)7-11(12)5;1-8(2)11-9(3)6-5-7-10(11)4;1-8(2)10-6-4-5-9(3)7-10;1-8(2)9-6-4-3-5-7-9;1-4(2)3-5/h7-12H,1-6H3;10-12H,4-9H2,1-3H3;9-13H,4-8H2,1-3H3;7-10H,5-6H2,1-4H3;6-8H,1-5H3;5-8H,1-4H3;4-8H,1-3H3;3-8H,1-2H3;4H,1-2H3/i;;;;;;4D,5D,6D,7D;;. The summed E-state index contributed by atoms with van der Waals surface area (Å²) in [6.07, 6.45) is 19.6. The van der Waals surface area contributed by atoms with Crippen LogP contribution in [0.25, 0.3) is 0 Å².